The molecule has 2 aromatic rings. The quantitative estimate of drug-likeness (QED) is 0.643. The SMILES string of the molecule is CC(OC(=O)c1ccc2c(c1)C(=O)N(C)C2=O)C(=O)Nc1ccccc1C#N. The first-order chi connectivity index (χ1) is 13.3. The molecule has 0 saturated heterocycles. The molecule has 3 rings (SSSR count). The molecule has 1 aliphatic rings. The van der Waals surface area contributed by atoms with Gasteiger partial charge in [-0.05, 0) is 37.3 Å². The van der Waals surface area contributed by atoms with Crippen LogP contribution in [0.15, 0.2) is 42.5 Å². The highest BCUT2D eigenvalue weighted by molar-refractivity contribution is 6.21. The van der Waals surface area contributed by atoms with Gasteiger partial charge in [0.15, 0.2) is 6.10 Å². The number of nitriles is 1. The molecule has 0 aliphatic carbocycles. The molecule has 0 aromatic heterocycles. The van der Waals surface area contributed by atoms with Crippen LogP contribution in [0.1, 0.15) is 43.6 Å². The van der Waals surface area contributed by atoms with Crippen molar-refractivity contribution in [3.63, 3.8) is 0 Å². The predicted octanol–water partition coefficient (Wildman–Crippen LogP) is 1.97. The lowest BCUT2D eigenvalue weighted by Crippen LogP contribution is -2.30. The number of rotatable bonds is 4. The van der Waals surface area contributed by atoms with Crippen LogP contribution in [0, 0.1) is 11.3 Å². The topological polar surface area (TPSA) is 117 Å². The average molecular weight is 377 g/mol. The Balaban J connectivity index is 1.71. The fourth-order valence-electron chi connectivity index (χ4n) is 2.69. The molecule has 3 amide bonds. The largest absolute Gasteiger partial charge is 0.449 e. The second-order valence-corrected chi connectivity index (χ2v) is 6.12. The third-order valence-corrected chi connectivity index (χ3v) is 4.28. The zero-order chi connectivity index (χ0) is 20.4. The Morgan fingerprint density at radius 3 is 2.50 bits per heavy atom. The number of esters is 1. The van der Waals surface area contributed by atoms with Gasteiger partial charge in [0.1, 0.15) is 6.07 Å². The van der Waals surface area contributed by atoms with Crippen molar-refractivity contribution in [3.8, 4) is 6.07 Å². The number of benzene rings is 2. The third-order valence-electron chi connectivity index (χ3n) is 4.28. The van der Waals surface area contributed by atoms with Crippen molar-refractivity contribution in [2.75, 3.05) is 12.4 Å². The lowest BCUT2D eigenvalue weighted by atomic mass is 10.1. The van der Waals surface area contributed by atoms with E-state index in [9.17, 15) is 19.2 Å². The summed E-state index contributed by atoms with van der Waals surface area (Å²) < 4.78 is 5.15. The van der Waals surface area contributed by atoms with Crippen LogP contribution >= 0.6 is 0 Å². The first-order valence-electron chi connectivity index (χ1n) is 8.31. The lowest BCUT2D eigenvalue weighted by molar-refractivity contribution is -0.123. The molecule has 28 heavy (non-hydrogen) atoms. The third kappa shape index (κ3) is 3.33. The van der Waals surface area contributed by atoms with E-state index in [2.05, 4.69) is 5.32 Å². The van der Waals surface area contributed by atoms with Crippen LogP contribution in [0.5, 0.6) is 0 Å². The van der Waals surface area contributed by atoms with Crippen molar-refractivity contribution < 1.29 is 23.9 Å². The van der Waals surface area contributed by atoms with E-state index in [1.807, 2.05) is 6.07 Å². The van der Waals surface area contributed by atoms with Crippen molar-refractivity contribution in [3.05, 3.63) is 64.7 Å². The number of nitrogens with zero attached hydrogens (tertiary/aromatic N) is 2. The molecule has 1 N–H and O–H groups in total. The molecule has 0 saturated carbocycles. The van der Waals surface area contributed by atoms with Crippen molar-refractivity contribution in [2.45, 2.75) is 13.0 Å². The Morgan fingerprint density at radius 2 is 1.79 bits per heavy atom. The van der Waals surface area contributed by atoms with Crippen LogP contribution in [0.25, 0.3) is 0 Å². The zero-order valence-corrected chi connectivity index (χ0v) is 15.1. The normalized spacial score (nSPS) is 13.5. The molecule has 8 nitrogen and oxygen atoms in total. The van der Waals surface area contributed by atoms with Crippen molar-refractivity contribution in [1.82, 2.24) is 4.90 Å². The number of carbonyl (C=O) groups is 4. The fraction of sp³-hybridized carbons (Fsp3) is 0.150. The van der Waals surface area contributed by atoms with Crippen LogP contribution in [0.3, 0.4) is 0 Å². The number of amides is 3. The van der Waals surface area contributed by atoms with E-state index in [-0.39, 0.29) is 22.3 Å². The van der Waals surface area contributed by atoms with Gasteiger partial charge >= 0.3 is 5.97 Å². The van der Waals surface area contributed by atoms with E-state index in [0.29, 0.717) is 5.69 Å². The molecular weight excluding hydrogens is 362 g/mol. The molecule has 140 valence electrons. The predicted molar refractivity (Wildman–Crippen MR) is 97.5 cm³/mol. The molecule has 1 unspecified atom stereocenters. The maximum absolute atomic E-state index is 12.3. The number of ether oxygens (including phenoxy) is 1. The maximum Gasteiger partial charge on any atom is 0.338 e. The van der Waals surface area contributed by atoms with Crippen LogP contribution in [-0.4, -0.2) is 41.7 Å². The molecule has 1 heterocycles. The minimum Gasteiger partial charge on any atom is -0.449 e. The van der Waals surface area contributed by atoms with Gasteiger partial charge in [-0.25, -0.2) is 4.79 Å². The highest BCUT2D eigenvalue weighted by Gasteiger charge is 2.33. The summed E-state index contributed by atoms with van der Waals surface area (Å²) in [6.07, 6.45) is -1.15. The number of anilines is 1. The Kier molecular flexibility index (Phi) is 4.92. The Hall–Kier alpha value is -3.99. The molecule has 0 bridgehead atoms. The summed E-state index contributed by atoms with van der Waals surface area (Å²) in [5.74, 6) is -2.37. The number of para-hydroxylation sites is 1. The Bertz CT molecular complexity index is 1050. The van der Waals surface area contributed by atoms with Gasteiger partial charge in [0.2, 0.25) is 0 Å². The van der Waals surface area contributed by atoms with Crippen LogP contribution < -0.4 is 5.32 Å². The van der Waals surface area contributed by atoms with Gasteiger partial charge in [0.05, 0.1) is 27.9 Å². The molecule has 8 heteroatoms. The first-order valence-corrected chi connectivity index (χ1v) is 8.31. The number of imide groups is 1. The van der Waals surface area contributed by atoms with Gasteiger partial charge in [0, 0.05) is 7.05 Å². The lowest BCUT2D eigenvalue weighted by Gasteiger charge is -2.14. The number of hydrogen-bond donors (Lipinski definition) is 1. The highest BCUT2D eigenvalue weighted by atomic mass is 16.5. The molecule has 2 aromatic carbocycles. The monoisotopic (exact) mass is 377 g/mol. The van der Waals surface area contributed by atoms with Crippen molar-refractivity contribution in [1.29, 1.82) is 5.26 Å². The maximum atomic E-state index is 12.3. The summed E-state index contributed by atoms with van der Waals surface area (Å²) in [5.41, 5.74) is 0.958. The van der Waals surface area contributed by atoms with E-state index in [0.717, 1.165) is 4.90 Å². The molecule has 0 radical (unpaired) electrons. The minimum absolute atomic E-state index is 0.0484. The summed E-state index contributed by atoms with van der Waals surface area (Å²) >= 11 is 0. The summed E-state index contributed by atoms with van der Waals surface area (Å²) in [6, 6.07) is 12.4. The van der Waals surface area contributed by atoms with E-state index in [4.69, 9.17) is 10.00 Å². The van der Waals surface area contributed by atoms with Crippen molar-refractivity contribution >= 4 is 29.4 Å². The molecule has 0 spiro atoms. The smallest absolute Gasteiger partial charge is 0.338 e. The highest BCUT2D eigenvalue weighted by Crippen LogP contribution is 2.23. The minimum atomic E-state index is -1.15. The summed E-state index contributed by atoms with van der Waals surface area (Å²) in [6.45, 7) is 1.39. The number of hydrogen-bond acceptors (Lipinski definition) is 6. The summed E-state index contributed by atoms with van der Waals surface area (Å²) in [7, 11) is 1.36. The van der Waals surface area contributed by atoms with Gasteiger partial charge in [0.25, 0.3) is 17.7 Å². The van der Waals surface area contributed by atoms with E-state index in [1.165, 1.54) is 32.2 Å². The van der Waals surface area contributed by atoms with E-state index >= 15 is 0 Å². The molecule has 1 aliphatic heterocycles. The van der Waals surface area contributed by atoms with Gasteiger partial charge in [-0.3, -0.25) is 19.3 Å². The molecule has 0 fully saturated rings. The van der Waals surface area contributed by atoms with E-state index < -0.39 is 29.8 Å². The fourth-order valence-corrected chi connectivity index (χ4v) is 2.69. The standard InChI is InChI=1S/C20H15N3O5/c1-11(17(24)22-16-6-4-3-5-13(16)10-21)28-20(27)12-7-8-14-15(9-12)19(26)23(2)18(14)25/h3-9,11H,1-2H3,(H,22,24). The van der Waals surface area contributed by atoms with Gasteiger partial charge < -0.3 is 10.1 Å². The van der Waals surface area contributed by atoms with E-state index in [1.54, 1.807) is 24.3 Å². The Labute approximate surface area is 160 Å². The van der Waals surface area contributed by atoms with Gasteiger partial charge in [-0.1, -0.05) is 12.1 Å². The van der Waals surface area contributed by atoms with Crippen LogP contribution in [0.4, 0.5) is 5.69 Å². The average Bonchev–Trinajstić information content (AvgIpc) is 2.92. The van der Waals surface area contributed by atoms with Crippen LogP contribution in [-0.2, 0) is 9.53 Å². The Morgan fingerprint density at radius 1 is 1.11 bits per heavy atom. The molecule has 1 atom stereocenters. The second-order valence-electron chi connectivity index (χ2n) is 6.12. The zero-order valence-electron chi connectivity index (χ0n) is 15.1. The summed E-state index contributed by atoms with van der Waals surface area (Å²) in [5, 5.41) is 11.6. The number of nitrogens with one attached hydrogen (secondary N) is 1. The first kappa shape index (κ1) is 18.8. The second kappa shape index (κ2) is 7.32. The van der Waals surface area contributed by atoms with Crippen LogP contribution in [0.2, 0.25) is 0 Å². The number of fused-ring (bicyclic) bond motifs is 1. The van der Waals surface area contributed by atoms with Crippen molar-refractivity contribution in [2.24, 2.45) is 0 Å². The van der Waals surface area contributed by atoms with Gasteiger partial charge in [-0.2, -0.15) is 5.26 Å². The summed E-state index contributed by atoms with van der Waals surface area (Å²) in [4.78, 5) is 49.5. The molecular formula is C20H15N3O5. The van der Waals surface area contributed by atoms with Gasteiger partial charge in [-0.15, -0.1) is 0 Å². The number of carbonyl (C=O) groups excluding carboxylic acids is 4.